The van der Waals surface area contributed by atoms with Gasteiger partial charge in [-0.25, -0.2) is 0 Å². The van der Waals surface area contributed by atoms with Gasteiger partial charge in [0.05, 0.1) is 5.02 Å². The van der Waals surface area contributed by atoms with Gasteiger partial charge in [0.2, 0.25) is 0 Å². The van der Waals surface area contributed by atoms with Crippen molar-refractivity contribution in [2.75, 3.05) is 0 Å². The van der Waals surface area contributed by atoms with Gasteiger partial charge >= 0.3 is 0 Å². The fourth-order valence-corrected chi connectivity index (χ4v) is 2.78. The minimum atomic E-state index is 0.832. The van der Waals surface area contributed by atoms with Gasteiger partial charge in [-0.05, 0) is 17.5 Å². The Balaban J connectivity index is 2.45. The number of halogens is 1. The highest BCUT2D eigenvalue weighted by molar-refractivity contribution is 7.20. The summed E-state index contributed by atoms with van der Waals surface area (Å²) in [6.45, 7) is 0. The van der Waals surface area contributed by atoms with Crippen LogP contribution in [0.2, 0.25) is 5.02 Å². The maximum Gasteiger partial charge on any atom is 0.0519 e. The van der Waals surface area contributed by atoms with Crippen LogP contribution in [0.5, 0.6) is 0 Å². The van der Waals surface area contributed by atoms with E-state index in [4.69, 9.17) is 11.6 Å². The maximum absolute atomic E-state index is 5.79. The van der Waals surface area contributed by atoms with Crippen molar-refractivity contribution < 1.29 is 0 Å². The first-order valence-electron chi connectivity index (χ1n) is 3.14. The molecule has 3 heteroatoms. The van der Waals surface area contributed by atoms with E-state index in [0.29, 0.717) is 0 Å². The lowest BCUT2D eigenvalue weighted by molar-refractivity contribution is 1.93. The van der Waals surface area contributed by atoms with Crippen LogP contribution in [0.1, 0.15) is 0 Å². The van der Waals surface area contributed by atoms with Gasteiger partial charge in [0.1, 0.15) is 0 Å². The van der Waals surface area contributed by atoms with Crippen LogP contribution >= 0.6 is 34.3 Å². The average Bonchev–Trinajstić information content (AvgIpc) is 2.55. The summed E-state index contributed by atoms with van der Waals surface area (Å²) in [7, 11) is 0. The second-order valence-corrected chi connectivity index (χ2v) is 4.40. The maximum atomic E-state index is 5.79. The smallest absolute Gasteiger partial charge is 0.0519 e. The van der Waals surface area contributed by atoms with Crippen molar-refractivity contribution in [3.8, 4) is 9.75 Å². The molecule has 0 amide bonds. The van der Waals surface area contributed by atoms with Gasteiger partial charge < -0.3 is 0 Å². The SMILES string of the molecule is Clc1csc(-c2cccs2)c1. The highest BCUT2D eigenvalue weighted by Gasteiger charge is 2.00. The monoisotopic (exact) mass is 200 g/mol. The molecule has 56 valence electrons. The highest BCUT2D eigenvalue weighted by atomic mass is 35.5. The van der Waals surface area contributed by atoms with E-state index >= 15 is 0 Å². The molecule has 0 atom stereocenters. The zero-order valence-corrected chi connectivity index (χ0v) is 7.97. The van der Waals surface area contributed by atoms with Gasteiger partial charge in [-0.15, -0.1) is 22.7 Å². The third kappa shape index (κ3) is 1.48. The first-order chi connectivity index (χ1) is 5.36. The van der Waals surface area contributed by atoms with E-state index in [1.807, 2.05) is 17.5 Å². The molecular formula is C8H5ClS2. The molecule has 0 bridgehead atoms. The van der Waals surface area contributed by atoms with Crippen molar-refractivity contribution >= 4 is 34.3 Å². The quantitative estimate of drug-likeness (QED) is 0.650. The van der Waals surface area contributed by atoms with Crippen molar-refractivity contribution in [2.45, 2.75) is 0 Å². The first-order valence-corrected chi connectivity index (χ1v) is 5.28. The largest absolute Gasteiger partial charge is 0.143 e. The summed E-state index contributed by atoms with van der Waals surface area (Å²) < 4.78 is 0. The van der Waals surface area contributed by atoms with Crippen molar-refractivity contribution in [2.24, 2.45) is 0 Å². The molecule has 0 saturated carbocycles. The van der Waals surface area contributed by atoms with E-state index in [9.17, 15) is 0 Å². The zero-order chi connectivity index (χ0) is 7.68. The number of thiophene rings is 2. The highest BCUT2D eigenvalue weighted by Crippen LogP contribution is 2.32. The standard InChI is InChI=1S/C8H5ClS2/c9-6-4-8(11-5-6)7-2-1-3-10-7/h1-5H. The van der Waals surface area contributed by atoms with Crippen LogP contribution < -0.4 is 0 Å². The van der Waals surface area contributed by atoms with E-state index in [0.717, 1.165) is 5.02 Å². The Labute approximate surface area is 78.1 Å². The van der Waals surface area contributed by atoms with Crippen molar-refractivity contribution in [3.63, 3.8) is 0 Å². The predicted octanol–water partition coefficient (Wildman–Crippen LogP) is 4.13. The van der Waals surface area contributed by atoms with E-state index in [1.54, 1.807) is 22.7 Å². The van der Waals surface area contributed by atoms with Crippen LogP contribution in [-0.2, 0) is 0 Å². The minimum absolute atomic E-state index is 0.832. The molecule has 0 nitrogen and oxygen atoms in total. The van der Waals surface area contributed by atoms with Crippen LogP contribution in [0.15, 0.2) is 29.0 Å². The summed E-state index contributed by atoms with van der Waals surface area (Å²) in [5, 5.41) is 4.86. The molecule has 0 N–H and O–H groups in total. The molecule has 2 rings (SSSR count). The summed E-state index contributed by atoms with van der Waals surface area (Å²) in [6.07, 6.45) is 0. The predicted molar refractivity (Wildman–Crippen MR) is 52.6 cm³/mol. The minimum Gasteiger partial charge on any atom is -0.143 e. The Kier molecular flexibility index (Phi) is 1.98. The Hall–Kier alpha value is -0.310. The van der Waals surface area contributed by atoms with E-state index in [2.05, 4.69) is 11.4 Å². The first kappa shape index (κ1) is 7.35. The Morgan fingerprint density at radius 1 is 1.18 bits per heavy atom. The van der Waals surface area contributed by atoms with Crippen LogP contribution in [0.4, 0.5) is 0 Å². The van der Waals surface area contributed by atoms with Crippen LogP contribution in [-0.4, -0.2) is 0 Å². The Bertz CT molecular complexity index is 335. The second-order valence-electron chi connectivity index (χ2n) is 2.11. The second kappa shape index (κ2) is 2.97. The molecule has 2 aromatic rings. The molecular weight excluding hydrogens is 196 g/mol. The Morgan fingerprint density at radius 3 is 2.64 bits per heavy atom. The molecule has 2 aromatic heterocycles. The third-order valence-electron chi connectivity index (χ3n) is 1.33. The van der Waals surface area contributed by atoms with Crippen molar-refractivity contribution in [1.29, 1.82) is 0 Å². The van der Waals surface area contributed by atoms with Crippen molar-refractivity contribution in [3.05, 3.63) is 34.0 Å². The molecule has 0 aliphatic heterocycles. The fourth-order valence-electron chi connectivity index (χ4n) is 0.861. The molecule has 2 heterocycles. The Morgan fingerprint density at radius 2 is 2.09 bits per heavy atom. The molecule has 0 aliphatic rings. The van der Waals surface area contributed by atoms with E-state index in [1.165, 1.54) is 9.75 Å². The van der Waals surface area contributed by atoms with Gasteiger partial charge in [0, 0.05) is 15.1 Å². The summed E-state index contributed by atoms with van der Waals surface area (Å²) in [6, 6.07) is 6.15. The van der Waals surface area contributed by atoms with Gasteiger partial charge in [-0.2, -0.15) is 0 Å². The lowest BCUT2D eigenvalue weighted by atomic mass is 10.4. The average molecular weight is 201 g/mol. The molecule has 0 radical (unpaired) electrons. The fraction of sp³-hybridized carbons (Fsp3) is 0. The van der Waals surface area contributed by atoms with Gasteiger partial charge in [-0.1, -0.05) is 17.7 Å². The summed E-state index contributed by atoms with van der Waals surface area (Å²) in [5.74, 6) is 0. The lowest BCUT2D eigenvalue weighted by Gasteiger charge is -1.85. The summed E-state index contributed by atoms with van der Waals surface area (Å²) in [5.41, 5.74) is 0. The van der Waals surface area contributed by atoms with Gasteiger partial charge in [-0.3, -0.25) is 0 Å². The molecule has 0 aromatic carbocycles. The van der Waals surface area contributed by atoms with Gasteiger partial charge in [0.15, 0.2) is 0 Å². The summed E-state index contributed by atoms with van der Waals surface area (Å²) in [4.78, 5) is 2.55. The van der Waals surface area contributed by atoms with Crippen LogP contribution in [0.3, 0.4) is 0 Å². The molecule has 0 saturated heterocycles. The number of rotatable bonds is 1. The van der Waals surface area contributed by atoms with Gasteiger partial charge in [0.25, 0.3) is 0 Å². The van der Waals surface area contributed by atoms with Crippen molar-refractivity contribution in [1.82, 2.24) is 0 Å². The normalized spacial score (nSPS) is 10.3. The third-order valence-corrected chi connectivity index (χ3v) is 3.67. The zero-order valence-electron chi connectivity index (χ0n) is 5.58. The topological polar surface area (TPSA) is 0 Å². The molecule has 0 aliphatic carbocycles. The molecule has 0 fully saturated rings. The van der Waals surface area contributed by atoms with E-state index in [-0.39, 0.29) is 0 Å². The van der Waals surface area contributed by atoms with Crippen LogP contribution in [0, 0.1) is 0 Å². The lowest BCUT2D eigenvalue weighted by Crippen LogP contribution is -1.56. The number of hydrogen-bond acceptors (Lipinski definition) is 2. The molecule has 11 heavy (non-hydrogen) atoms. The number of hydrogen-bond donors (Lipinski definition) is 0. The van der Waals surface area contributed by atoms with Crippen LogP contribution in [0.25, 0.3) is 9.75 Å². The summed E-state index contributed by atoms with van der Waals surface area (Å²) >= 11 is 9.22. The van der Waals surface area contributed by atoms with E-state index < -0.39 is 0 Å². The molecule has 0 spiro atoms. The molecule has 0 unspecified atom stereocenters.